The molecule has 0 aliphatic rings. The van der Waals surface area contributed by atoms with Crippen LogP contribution < -0.4 is 5.73 Å². The molecular formula is C12H17FN2. The third-order valence-corrected chi connectivity index (χ3v) is 1.95. The zero-order valence-electron chi connectivity index (χ0n) is 9.47. The van der Waals surface area contributed by atoms with E-state index in [0.717, 1.165) is 6.08 Å². The first-order valence-electron chi connectivity index (χ1n) is 4.53. The van der Waals surface area contributed by atoms with Gasteiger partial charge in [-0.25, -0.2) is 4.39 Å². The Bertz CT molecular complexity index is 360. The molecule has 3 heteroatoms. The van der Waals surface area contributed by atoms with E-state index >= 15 is 0 Å². The maximum absolute atomic E-state index is 13.1. The van der Waals surface area contributed by atoms with Gasteiger partial charge in [0.2, 0.25) is 0 Å². The Morgan fingerprint density at radius 1 is 1.40 bits per heavy atom. The van der Waals surface area contributed by atoms with Gasteiger partial charge in [0, 0.05) is 24.0 Å². The molecule has 0 atom stereocenters. The molecule has 0 saturated heterocycles. The highest BCUT2D eigenvalue weighted by molar-refractivity contribution is 6.01. The molecule has 0 radical (unpaired) electrons. The fourth-order valence-corrected chi connectivity index (χ4v) is 0.924. The second-order valence-electron chi connectivity index (χ2n) is 3.15. The molecule has 0 saturated carbocycles. The van der Waals surface area contributed by atoms with E-state index < -0.39 is 5.83 Å². The Labute approximate surface area is 90.4 Å². The van der Waals surface area contributed by atoms with E-state index in [9.17, 15) is 4.39 Å². The standard InChI is InChI=1S/C12H17FN2/c1-6-10(13)7-11(9(4)15-5)12(14)8(2)3/h6-7H,1-2,14H2,3-5H3/b10-7+,12-11?,15-9?. The highest BCUT2D eigenvalue weighted by Gasteiger charge is 2.06. The Morgan fingerprint density at radius 2 is 1.93 bits per heavy atom. The van der Waals surface area contributed by atoms with Crippen LogP contribution in [0.25, 0.3) is 0 Å². The van der Waals surface area contributed by atoms with Gasteiger partial charge in [0.1, 0.15) is 5.83 Å². The van der Waals surface area contributed by atoms with E-state index in [4.69, 9.17) is 5.73 Å². The minimum atomic E-state index is -0.447. The fourth-order valence-electron chi connectivity index (χ4n) is 0.924. The highest BCUT2D eigenvalue weighted by Crippen LogP contribution is 2.14. The molecule has 0 aromatic carbocycles. The van der Waals surface area contributed by atoms with E-state index in [1.54, 1.807) is 20.9 Å². The molecule has 82 valence electrons. The number of halogens is 1. The van der Waals surface area contributed by atoms with Gasteiger partial charge in [0.15, 0.2) is 0 Å². The minimum Gasteiger partial charge on any atom is -0.398 e. The van der Waals surface area contributed by atoms with Crippen molar-refractivity contribution in [2.24, 2.45) is 10.7 Å². The summed E-state index contributed by atoms with van der Waals surface area (Å²) >= 11 is 0. The third kappa shape index (κ3) is 3.94. The zero-order valence-corrected chi connectivity index (χ0v) is 9.47. The van der Waals surface area contributed by atoms with Gasteiger partial charge in [-0.1, -0.05) is 13.2 Å². The van der Waals surface area contributed by atoms with Gasteiger partial charge in [-0.05, 0) is 31.6 Å². The molecule has 0 aromatic rings. The number of rotatable bonds is 4. The second kappa shape index (κ2) is 5.96. The summed E-state index contributed by atoms with van der Waals surface area (Å²) in [6.07, 6.45) is 2.42. The molecule has 0 amide bonds. The lowest BCUT2D eigenvalue weighted by molar-refractivity contribution is 0.667. The van der Waals surface area contributed by atoms with Crippen LogP contribution >= 0.6 is 0 Å². The number of hydrogen-bond acceptors (Lipinski definition) is 2. The number of aliphatic imine (C=N–C) groups is 1. The second-order valence-corrected chi connectivity index (χ2v) is 3.15. The quantitative estimate of drug-likeness (QED) is 0.560. The van der Waals surface area contributed by atoms with Crippen LogP contribution in [0.3, 0.4) is 0 Å². The van der Waals surface area contributed by atoms with Gasteiger partial charge in [0.25, 0.3) is 0 Å². The summed E-state index contributed by atoms with van der Waals surface area (Å²) in [6, 6.07) is 0. The van der Waals surface area contributed by atoms with Crippen LogP contribution in [0.4, 0.5) is 4.39 Å². The highest BCUT2D eigenvalue weighted by atomic mass is 19.1. The van der Waals surface area contributed by atoms with E-state index in [-0.39, 0.29) is 0 Å². The van der Waals surface area contributed by atoms with E-state index in [1.165, 1.54) is 6.08 Å². The molecule has 0 fully saturated rings. The van der Waals surface area contributed by atoms with E-state index in [1.807, 2.05) is 0 Å². The molecule has 0 heterocycles. The maximum atomic E-state index is 13.1. The predicted molar refractivity (Wildman–Crippen MR) is 64.4 cm³/mol. The smallest absolute Gasteiger partial charge is 0.123 e. The van der Waals surface area contributed by atoms with Gasteiger partial charge in [-0.15, -0.1) is 0 Å². The first kappa shape index (κ1) is 13.4. The number of nitrogens with two attached hydrogens (primary N) is 1. The van der Waals surface area contributed by atoms with Crippen LogP contribution in [0.1, 0.15) is 13.8 Å². The van der Waals surface area contributed by atoms with Gasteiger partial charge in [-0.2, -0.15) is 0 Å². The van der Waals surface area contributed by atoms with E-state index in [2.05, 4.69) is 18.2 Å². The number of hydrogen-bond donors (Lipinski definition) is 1. The zero-order chi connectivity index (χ0) is 12.0. The summed E-state index contributed by atoms with van der Waals surface area (Å²) in [6.45, 7) is 10.6. The average molecular weight is 208 g/mol. The van der Waals surface area contributed by atoms with Gasteiger partial charge in [-0.3, -0.25) is 4.99 Å². The maximum Gasteiger partial charge on any atom is 0.123 e. The molecule has 0 aliphatic heterocycles. The van der Waals surface area contributed by atoms with Crippen molar-refractivity contribution >= 4 is 5.71 Å². The van der Waals surface area contributed by atoms with Crippen LogP contribution in [-0.2, 0) is 0 Å². The fraction of sp³-hybridized carbons (Fsp3) is 0.250. The topological polar surface area (TPSA) is 38.4 Å². The largest absolute Gasteiger partial charge is 0.398 e. The van der Waals surface area contributed by atoms with Crippen molar-refractivity contribution in [1.82, 2.24) is 0 Å². The summed E-state index contributed by atoms with van der Waals surface area (Å²) in [4.78, 5) is 3.97. The summed E-state index contributed by atoms with van der Waals surface area (Å²) in [7, 11) is 1.63. The van der Waals surface area contributed by atoms with Crippen molar-refractivity contribution in [3.63, 3.8) is 0 Å². The summed E-state index contributed by atoms with van der Waals surface area (Å²) in [5, 5.41) is 0. The lowest BCUT2D eigenvalue weighted by Crippen LogP contribution is -2.08. The van der Waals surface area contributed by atoms with Crippen LogP contribution in [-0.4, -0.2) is 12.8 Å². The SMILES string of the molecule is C=C/C(F)=C\C(C(C)=NC)=C(N)C(=C)C. The lowest BCUT2D eigenvalue weighted by atomic mass is 10.0. The Hall–Kier alpha value is -1.64. The lowest BCUT2D eigenvalue weighted by Gasteiger charge is -2.07. The Kier molecular flexibility index (Phi) is 5.31. The summed E-state index contributed by atoms with van der Waals surface area (Å²) in [5.41, 5.74) is 8.12. The molecule has 15 heavy (non-hydrogen) atoms. The molecular weight excluding hydrogens is 191 g/mol. The van der Waals surface area contributed by atoms with Gasteiger partial charge in [0.05, 0.1) is 0 Å². The van der Waals surface area contributed by atoms with Crippen molar-refractivity contribution in [2.75, 3.05) is 7.05 Å². The molecule has 0 bridgehead atoms. The third-order valence-electron chi connectivity index (χ3n) is 1.95. The Morgan fingerprint density at radius 3 is 2.27 bits per heavy atom. The normalized spacial score (nSPS) is 14.7. The van der Waals surface area contributed by atoms with Crippen molar-refractivity contribution in [3.8, 4) is 0 Å². The summed E-state index contributed by atoms with van der Waals surface area (Å²) < 4.78 is 13.1. The van der Waals surface area contributed by atoms with Crippen LogP contribution in [0.15, 0.2) is 53.0 Å². The molecule has 0 aliphatic carbocycles. The monoisotopic (exact) mass is 208 g/mol. The summed E-state index contributed by atoms with van der Waals surface area (Å²) in [5.74, 6) is -0.447. The molecule has 0 aromatic heterocycles. The first-order valence-corrected chi connectivity index (χ1v) is 4.53. The number of nitrogens with zero attached hydrogens (tertiary/aromatic N) is 1. The number of allylic oxidation sites excluding steroid dienone is 5. The first-order chi connectivity index (χ1) is 6.93. The average Bonchev–Trinajstić information content (AvgIpc) is 2.23. The van der Waals surface area contributed by atoms with Gasteiger partial charge >= 0.3 is 0 Å². The molecule has 0 rings (SSSR count). The van der Waals surface area contributed by atoms with E-state index in [0.29, 0.717) is 22.6 Å². The molecule has 2 N–H and O–H groups in total. The van der Waals surface area contributed by atoms with Crippen molar-refractivity contribution < 1.29 is 4.39 Å². The van der Waals surface area contributed by atoms with Crippen LogP contribution in [0, 0.1) is 0 Å². The molecule has 2 nitrogen and oxygen atoms in total. The molecule has 0 unspecified atom stereocenters. The van der Waals surface area contributed by atoms with Crippen LogP contribution in [0.5, 0.6) is 0 Å². The Balaban J connectivity index is 5.55. The van der Waals surface area contributed by atoms with Crippen molar-refractivity contribution in [3.05, 3.63) is 48.0 Å². The van der Waals surface area contributed by atoms with Crippen molar-refractivity contribution in [2.45, 2.75) is 13.8 Å². The molecule has 0 spiro atoms. The van der Waals surface area contributed by atoms with Crippen LogP contribution in [0.2, 0.25) is 0 Å². The predicted octanol–water partition coefficient (Wildman–Crippen LogP) is 2.91. The van der Waals surface area contributed by atoms with Crippen molar-refractivity contribution in [1.29, 1.82) is 0 Å². The van der Waals surface area contributed by atoms with Gasteiger partial charge < -0.3 is 5.73 Å². The minimum absolute atomic E-state index is 0.440.